The van der Waals surface area contributed by atoms with Gasteiger partial charge in [0.15, 0.2) is 5.78 Å². The van der Waals surface area contributed by atoms with Gasteiger partial charge in [-0.05, 0) is 24.5 Å². The molecule has 0 aliphatic carbocycles. The highest BCUT2D eigenvalue weighted by Gasteiger charge is 2.26. The minimum atomic E-state index is -0.217. The molecule has 3 nitrogen and oxygen atoms in total. The molecular weight excluding hydrogens is 216 g/mol. The van der Waals surface area contributed by atoms with Crippen LogP contribution in [0.3, 0.4) is 0 Å². The number of carbonyl (C=O) groups is 2. The summed E-state index contributed by atoms with van der Waals surface area (Å²) in [5.74, 6) is -0.133. The first-order valence-corrected chi connectivity index (χ1v) is 5.57. The van der Waals surface area contributed by atoms with Crippen LogP contribution in [0.4, 0.5) is 0 Å². The van der Waals surface area contributed by atoms with Crippen LogP contribution < -0.4 is 0 Å². The van der Waals surface area contributed by atoms with Gasteiger partial charge >= 0.3 is 5.97 Å². The molecular formula is C14H14O3. The van der Waals surface area contributed by atoms with E-state index in [1.165, 1.54) is 6.92 Å². The van der Waals surface area contributed by atoms with E-state index in [9.17, 15) is 9.59 Å². The Morgan fingerprint density at radius 3 is 2.35 bits per heavy atom. The minimum absolute atomic E-state index is 0.0365. The highest BCUT2D eigenvalue weighted by Crippen LogP contribution is 2.27. The van der Waals surface area contributed by atoms with E-state index in [0.717, 1.165) is 11.1 Å². The van der Waals surface area contributed by atoms with Gasteiger partial charge in [-0.2, -0.15) is 0 Å². The van der Waals surface area contributed by atoms with Crippen LogP contribution >= 0.6 is 0 Å². The number of hydrogen-bond donors (Lipinski definition) is 0. The van der Waals surface area contributed by atoms with Crippen molar-refractivity contribution in [1.29, 1.82) is 0 Å². The molecule has 1 atom stereocenters. The van der Waals surface area contributed by atoms with E-state index in [-0.39, 0.29) is 17.9 Å². The Bertz CT molecular complexity index is 471. The van der Waals surface area contributed by atoms with Crippen molar-refractivity contribution in [2.45, 2.75) is 25.9 Å². The van der Waals surface area contributed by atoms with Gasteiger partial charge in [0.25, 0.3) is 0 Å². The Morgan fingerprint density at radius 1 is 1.29 bits per heavy atom. The predicted molar refractivity (Wildman–Crippen MR) is 64.6 cm³/mol. The standard InChI is InChI=1S/C14H14O3/c1-9(13-7-8-14(16)17-13)11-3-5-12(6-4-11)10(2)15/h3-6,13H,1,7-8H2,2H3. The third kappa shape index (κ3) is 2.44. The van der Waals surface area contributed by atoms with Gasteiger partial charge in [-0.3, -0.25) is 9.59 Å². The number of ketones is 1. The highest BCUT2D eigenvalue weighted by atomic mass is 16.5. The second-order valence-corrected chi connectivity index (χ2v) is 4.18. The molecule has 0 spiro atoms. The fraction of sp³-hybridized carbons (Fsp3) is 0.286. The molecule has 1 aliphatic heterocycles. The number of Topliss-reactive ketones (excluding diaryl/α,β-unsaturated/α-hetero) is 1. The molecule has 17 heavy (non-hydrogen) atoms. The molecule has 0 N–H and O–H groups in total. The number of hydrogen-bond acceptors (Lipinski definition) is 3. The monoisotopic (exact) mass is 230 g/mol. The minimum Gasteiger partial charge on any atom is -0.457 e. The molecule has 0 saturated carbocycles. The van der Waals surface area contributed by atoms with Crippen molar-refractivity contribution in [3.63, 3.8) is 0 Å². The molecule has 1 heterocycles. The maximum atomic E-state index is 11.1. The van der Waals surface area contributed by atoms with E-state index in [1.54, 1.807) is 12.1 Å². The molecule has 1 unspecified atom stereocenters. The lowest BCUT2D eigenvalue weighted by Gasteiger charge is -2.12. The molecule has 0 aromatic heterocycles. The van der Waals surface area contributed by atoms with Gasteiger partial charge in [0.1, 0.15) is 6.10 Å². The average molecular weight is 230 g/mol. The quantitative estimate of drug-likeness (QED) is 0.592. The predicted octanol–water partition coefficient (Wildman–Crippen LogP) is 2.61. The molecule has 3 heteroatoms. The summed E-state index contributed by atoms with van der Waals surface area (Å²) in [7, 11) is 0. The topological polar surface area (TPSA) is 43.4 Å². The summed E-state index contributed by atoms with van der Waals surface area (Å²) in [6.45, 7) is 5.48. The van der Waals surface area contributed by atoms with Crippen LogP contribution in [0.5, 0.6) is 0 Å². The van der Waals surface area contributed by atoms with E-state index in [2.05, 4.69) is 6.58 Å². The number of cyclic esters (lactones) is 1. The lowest BCUT2D eigenvalue weighted by atomic mass is 9.98. The largest absolute Gasteiger partial charge is 0.457 e. The molecule has 0 amide bonds. The zero-order valence-electron chi connectivity index (χ0n) is 9.73. The zero-order chi connectivity index (χ0) is 12.4. The normalized spacial score (nSPS) is 18.9. The Labute approximate surface area is 100 Å². The SMILES string of the molecule is C=C(c1ccc(C(C)=O)cc1)C1CCC(=O)O1. The summed E-state index contributed by atoms with van der Waals surface area (Å²) >= 11 is 0. The smallest absolute Gasteiger partial charge is 0.306 e. The van der Waals surface area contributed by atoms with Crippen molar-refractivity contribution in [3.8, 4) is 0 Å². The Morgan fingerprint density at radius 2 is 1.88 bits per heavy atom. The van der Waals surface area contributed by atoms with Crippen LogP contribution in [0.25, 0.3) is 5.57 Å². The molecule has 88 valence electrons. The lowest BCUT2D eigenvalue weighted by molar-refractivity contribution is -0.139. The van der Waals surface area contributed by atoms with Crippen molar-refractivity contribution in [2.24, 2.45) is 0 Å². The first-order valence-electron chi connectivity index (χ1n) is 5.57. The zero-order valence-corrected chi connectivity index (χ0v) is 9.73. The van der Waals surface area contributed by atoms with E-state index >= 15 is 0 Å². The van der Waals surface area contributed by atoms with Gasteiger partial charge < -0.3 is 4.74 Å². The number of rotatable bonds is 3. The second kappa shape index (κ2) is 4.53. The third-order valence-electron chi connectivity index (χ3n) is 2.94. The summed E-state index contributed by atoms with van der Waals surface area (Å²) in [5, 5.41) is 0. The van der Waals surface area contributed by atoms with Crippen LogP contribution in [0, 0.1) is 0 Å². The van der Waals surface area contributed by atoms with Crippen molar-refractivity contribution in [2.75, 3.05) is 0 Å². The summed E-state index contributed by atoms with van der Waals surface area (Å²) < 4.78 is 5.15. The molecule has 1 aliphatic rings. The summed E-state index contributed by atoms with van der Waals surface area (Å²) in [6, 6.07) is 7.20. The first-order chi connectivity index (χ1) is 8.08. The number of carbonyl (C=O) groups excluding carboxylic acids is 2. The van der Waals surface area contributed by atoms with E-state index in [0.29, 0.717) is 18.4 Å². The van der Waals surface area contributed by atoms with Crippen LogP contribution in [0.2, 0.25) is 0 Å². The van der Waals surface area contributed by atoms with E-state index < -0.39 is 0 Å². The fourth-order valence-electron chi connectivity index (χ4n) is 1.88. The molecule has 1 aromatic carbocycles. The summed E-state index contributed by atoms with van der Waals surface area (Å²) in [5.41, 5.74) is 2.38. The molecule has 2 rings (SSSR count). The van der Waals surface area contributed by atoms with Crippen molar-refractivity contribution in [3.05, 3.63) is 42.0 Å². The van der Waals surface area contributed by atoms with Crippen molar-refractivity contribution in [1.82, 2.24) is 0 Å². The Kier molecular flexibility index (Phi) is 3.09. The van der Waals surface area contributed by atoms with E-state index in [4.69, 9.17) is 4.74 Å². The maximum Gasteiger partial charge on any atom is 0.306 e. The second-order valence-electron chi connectivity index (χ2n) is 4.18. The van der Waals surface area contributed by atoms with Gasteiger partial charge in [-0.15, -0.1) is 0 Å². The summed E-state index contributed by atoms with van der Waals surface area (Å²) in [4.78, 5) is 22.2. The van der Waals surface area contributed by atoms with E-state index in [1.807, 2.05) is 12.1 Å². The van der Waals surface area contributed by atoms with Crippen LogP contribution in [-0.4, -0.2) is 17.9 Å². The summed E-state index contributed by atoms with van der Waals surface area (Å²) in [6.07, 6.45) is 0.923. The highest BCUT2D eigenvalue weighted by molar-refractivity contribution is 5.94. The Balaban J connectivity index is 2.14. The van der Waals surface area contributed by atoms with Crippen LogP contribution in [-0.2, 0) is 9.53 Å². The molecule has 0 bridgehead atoms. The number of ether oxygens (including phenoxy) is 1. The Hall–Kier alpha value is -1.90. The van der Waals surface area contributed by atoms with Gasteiger partial charge in [-0.1, -0.05) is 30.8 Å². The average Bonchev–Trinajstić information content (AvgIpc) is 2.75. The molecule has 0 radical (unpaired) electrons. The third-order valence-corrected chi connectivity index (χ3v) is 2.94. The number of benzene rings is 1. The van der Waals surface area contributed by atoms with Crippen molar-refractivity contribution < 1.29 is 14.3 Å². The maximum absolute atomic E-state index is 11.1. The molecule has 1 saturated heterocycles. The number of esters is 1. The van der Waals surface area contributed by atoms with Gasteiger partial charge in [0, 0.05) is 12.0 Å². The molecule has 1 fully saturated rings. The molecule has 1 aromatic rings. The van der Waals surface area contributed by atoms with Crippen LogP contribution in [0.1, 0.15) is 35.7 Å². The fourth-order valence-corrected chi connectivity index (χ4v) is 1.88. The van der Waals surface area contributed by atoms with Crippen LogP contribution in [0.15, 0.2) is 30.8 Å². The van der Waals surface area contributed by atoms with Gasteiger partial charge in [0.2, 0.25) is 0 Å². The van der Waals surface area contributed by atoms with Crippen molar-refractivity contribution >= 4 is 17.3 Å². The van der Waals surface area contributed by atoms with Gasteiger partial charge in [0.05, 0.1) is 0 Å². The van der Waals surface area contributed by atoms with Gasteiger partial charge in [-0.25, -0.2) is 0 Å². The first kappa shape index (κ1) is 11.6. The lowest BCUT2D eigenvalue weighted by Crippen LogP contribution is -2.08.